The molecule has 1 amide bonds. The number of para-hydroxylation sites is 1. The quantitative estimate of drug-likeness (QED) is 0.844. The van der Waals surface area contributed by atoms with Crippen LogP contribution in [0.4, 0.5) is 5.69 Å². The molecular weight excluding hydrogens is 268 g/mol. The minimum atomic E-state index is -0.165. The maximum atomic E-state index is 11.6. The zero-order valence-corrected chi connectivity index (χ0v) is 10.8. The van der Waals surface area contributed by atoms with Gasteiger partial charge in [-0.1, -0.05) is 34.1 Å². The summed E-state index contributed by atoms with van der Waals surface area (Å²) in [5, 5.41) is 1.94. The van der Waals surface area contributed by atoms with Crippen LogP contribution >= 0.6 is 15.9 Å². The molecule has 0 bridgehead atoms. The van der Waals surface area contributed by atoms with Crippen molar-refractivity contribution in [1.29, 1.82) is 0 Å². The first-order valence-electron chi connectivity index (χ1n) is 5.48. The highest BCUT2D eigenvalue weighted by molar-refractivity contribution is 9.10. The van der Waals surface area contributed by atoms with E-state index < -0.39 is 0 Å². The molecule has 1 aromatic carbocycles. The standard InChI is InChI=1S/C12H15BrN2O/c1-9(13)12(16)14-15-8-4-6-10-5-2-3-7-11(10)15/h2-3,5,7,9H,4,6,8H2,1H3,(H,14,16). The molecule has 1 aromatic rings. The lowest BCUT2D eigenvalue weighted by Gasteiger charge is -2.31. The van der Waals surface area contributed by atoms with E-state index >= 15 is 0 Å². The first kappa shape index (κ1) is 11.5. The Bertz CT molecular complexity index is 392. The third-order valence-corrected chi connectivity index (χ3v) is 3.13. The third-order valence-electron chi connectivity index (χ3n) is 2.72. The summed E-state index contributed by atoms with van der Waals surface area (Å²) in [4.78, 5) is 11.5. The molecule has 3 nitrogen and oxygen atoms in total. The molecular formula is C12H15BrN2O. The van der Waals surface area contributed by atoms with Gasteiger partial charge in [0, 0.05) is 6.54 Å². The minimum absolute atomic E-state index is 0.00305. The molecule has 1 unspecified atom stereocenters. The van der Waals surface area contributed by atoms with Gasteiger partial charge < -0.3 is 0 Å². The molecule has 16 heavy (non-hydrogen) atoms. The Morgan fingerprint density at radius 2 is 2.25 bits per heavy atom. The highest BCUT2D eigenvalue weighted by atomic mass is 79.9. The smallest absolute Gasteiger partial charge is 0.251 e. The maximum absolute atomic E-state index is 11.6. The molecule has 86 valence electrons. The molecule has 0 spiro atoms. The average molecular weight is 283 g/mol. The van der Waals surface area contributed by atoms with Crippen LogP contribution in [0.3, 0.4) is 0 Å². The molecule has 0 radical (unpaired) electrons. The molecule has 1 heterocycles. The second-order valence-electron chi connectivity index (χ2n) is 3.98. The predicted octanol–water partition coefficient (Wildman–Crippen LogP) is 2.25. The number of carbonyl (C=O) groups is 1. The van der Waals surface area contributed by atoms with E-state index in [2.05, 4.69) is 27.4 Å². The Balaban J connectivity index is 2.16. The number of nitrogens with one attached hydrogen (secondary N) is 1. The summed E-state index contributed by atoms with van der Waals surface area (Å²) in [5.41, 5.74) is 5.34. The van der Waals surface area contributed by atoms with Gasteiger partial charge in [0.25, 0.3) is 5.91 Å². The number of rotatable bonds is 2. The molecule has 2 rings (SSSR count). The van der Waals surface area contributed by atoms with Gasteiger partial charge in [-0.2, -0.15) is 0 Å². The van der Waals surface area contributed by atoms with E-state index in [4.69, 9.17) is 0 Å². The SMILES string of the molecule is CC(Br)C(=O)NN1CCCc2ccccc21. The lowest BCUT2D eigenvalue weighted by molar-refractivity contribution is -0.120. The largest absolute Gasteiger partial charge is 0.285 e. The molecule has 1 aliphatic rings. The Hall–Kier alpha value is -1.03. The van der Waals surface area contributed by atoms with E-state index in [0.717, 1.165) is 25.1 Å². The van der Waals surface area contributed by atoms with Crippen molar-refractivity contribution >= 4 is 27.5 Å². The van der Waals surface area contributed by atoms with Crippen LogP contribution in [0.25, 0.3) is 0 Å². The first-order chi connectivity index (χ1) is 7.68. The number of hydrogen-bond donors (Lipinski definition) is 1. The number of hydrogen-bond acceptors (Lipinski definition) is 2. The van der Waals surface area contributed by atoms with E-state index in [1.165, 1.54) is 5.56 Å². The maximum Gasteiger partial charge on any atom is 0.251 e. The van der Waals surface area contributed by atoms with Gasteiger partial charge in [-0.05, 0) is 31.4 Å². The molecule has 0 saturated carbocycles. The van der Waals surface area contributed by atoms with Crippen molar-refractivity contribution in [2.45, 2.75) is 24.6 Å². The summed E-state index contributed by atoms with van der Waals surface area (Å²) < 4.78 is 0. The van der Waals surface area contributed by atoms with E-state index in [1.807, 2.05) is 30.1 Å². The van der Waals surface area contributed by atoms with Crippen LogP contribution in [0, 0.1) is 0 Å². The van der Waals surface area contributed by atoms with Crippen molar-refractivity contribution in [3.8, 4) is 0 Å². The topological polar surface area (TPSA) is 32.3 Å². The van der Waals surface area contributed by atoms with Crippen molar-refractivity contribution in [2.75, 3.05) is 11.6 Å². The summed E-state index contributed by atoms with van der Waals surface area (Å²) in [6.07, 6.45) is 2.17. The van der Waals surface area contributed by atoms with Gasteiger partial charge in [0.05, 0.1) is 10.5 Å². The molecule has 0 saturated heterocycles. The molecule has 1 atom stereocenters. The lowest BCUT2D eigenvalue weighted by Crippen LogP contribution is -2.47. The van der Waals surface area contributed by atoms with Crippen LogP contribution in [-0.2, 0) is 11.2 Å². The fourth-order valence-corrected chi connectivity index (χ4v) is 1.97. The minimum Gasteiger partial charge on any atom is -0.285 e. The number of alkyl halides is 1. The van der Waals surface area contributed by atoms with Crippen LogP contribution in [0.5, 0.6) is 0 Å². The zero-order chi connectivity index (χ0) is 11.5. The van der Waals surface area contributed by atoms with Gasteiger partial charge in [-0.15, -0.1) is 0 Å². The van der Waals surface area contributed by atoms with Crippen molar-refractivity contribution < 1.29 is 4.79 Å². The highest BCUT2D eigenvalue weighted by Crippen LogP contribution is 2.25. The van der Waals surface area contributed by atoms with E-state index in [-0.39, 0.29) is 10.7 Å². The van der Waals surface area contributed by atoms with Gasteiger partial charge in [-0.3, -0.25) is 15.2 Å². The van der Waals surface area contributed by atoms with E-state index in [9.17, 15) is 4.79 Å². The van der Waals surface area contributed by atoms with Crippen molar-refractivity contribution in [3.05, 3.63) is 29.8 Å². The molecule has 1 aliphatic heterocycles. The van der Waals surface area contributed by atoms with Crippen molar-refractivity contribution in [3.63, 3.8) is 0 Å². The number of carbonyl (C=O) groups excluding carboxylic acids is 1. The molecule has 0 fully saturated rings. The summed E-state index contributed by atoms with van der Waals surface area (Å²) in [7, 11) is 0. The molecule has 4 heteroatoms. The van der Waals surface area contributed by atoms with Crippen LogP contribution < -0.4 is 10.4 Å². The summed E-state index contributed by atoms with van der Waals surface area (Å²) in [5.74, 6) is -0.00305. The Morgan fingerprint density at radius 3 is 3.00 bits per heavy atom. The molecule has 0 aliphatic carbocycles. The van der Waals surface area contributed by atoms with E-state index in [0.29, 0.717) is 0 Å². The summed E-state index contributed by atoms with van der Waals surface area (Å²) in [6.45, 7) is 2.70. The monoisotopic (exact) mass is 282 g/mol. The zero-order valence-electron chi connectivity index (χ0n) is 9.24. The summed E-state index contributed by atoms with van der Waals surface area (Å²) >= 11 is 3.27. The fourth-order valence-electron chi connectivity index (χ4n) is 1.87. The van der Waals surface area contributed by atoms with Gasteiger partial charge in [0.2, 0.25) is 0 Å². The van der Waals surface area contributed by atoms with E-state index in [1.54, 1.807) is 0 Å². The predicted molar refractivity (Wildman–Crippen MR) is 68.6 cm³/mol. The Kier molecular flexibility index (Phi) is 3.49. The lowest BCUT2D eigenvalue weighted by atomic mass is 10.0. The first-order valence-corrected chi connectivity index (χ1v) is 6.40. The number of benzene rings is 1. The molecule has 1 N–H and O–H groups in total. The number of aryl methyl sites for hydroxylation is 1. The van der Waals surface area contributed by atoms with Crippen molar-refractivity contribution in [2.24, 2.45) is 0 Å². The fraction of sp³-hybridized carbons (Fsp3) is 0.417. The average Bonchev–Trinajstić information content (AvgIpc) is 2.29. The third kappa shape index (κ3) is 2.38. The number of hydrazine groups is 1. The number of anilines is 1. The number of nitrogens with zero attached hydrogens (tertiary/aromatic N) is 1. The Morgan fingerprint density at radius 1 is 1.50 bits per heavy atom. The number of amides is 1. The van der Waals surface area contributed by atoms with Crippen molar-refractivity contribution in [1.82, 2.24) is 5.43 Å². The van der Waals surface area contributed by atoms with Crippen LogP contribution in [0.2, 0.25) is 0 Å². The Labute approximate surface area is 104 Å². The van der Waals surface area contributed by atoms with Gasteiger partial charge in [0.1, 0.15) is 0 Å². The van der Waals surface area contributed by atoms with Crippen LogP contribution in [0.1, 0.15) is 18.9 Å². The second kappa shape index (κ2) is 4.87. The number of halogens is 1. The van der Waals surface area contributed by atoms with Gasteiger partial charge in [-0.25, -0.2) is 0 Å². The van der Waals surface area contributed by atoms with Crippen LogP contribution in [-0.4, -0.2) is 17.3 Å². The summed E-state index contributed by atoms with van der Waals surface area (Å²) in [6, 6.07) is 8.21. The van der Waals surface area contributed by atoms with Crippen LogP contribution in [0.15, 0.2) is 24.3 Å². The number of fused-ring (bicyclic) bond motifs is 1. The van der Waals surface area contributed by atoms with Gasteiger partial charge in [0.15, 0.2) is 0 Å². The van der Waals surface area contributed by atoms with Gasteiger partial charge >= 0.3 is 0 Å². The second-order valence-corrected chi connectivity index (χ2v) is 5.35. The normalized spacial score (nSPS) is 16.5. The highest BCUT2D eigenvalue weighted by Gasteiger charge is 2.19. The molecule has 0 aromatic heterocycles.